The average Bonchev–Trinajstić information content (AvgIpc) is 2.17. The molecular weight excluding hydrogens is 191 g/mol. The van der Waals surface area contributed by atoms with Crippen molar-refractivity contribution in [1.82, 2.24) is 0 Å². The van der Waals surface area contributed by atoms with Crippen LogP contribution in [0.1, 0.15) is 0 Å². The Bertz CT molecular complexity index is 218. The predicted molar refractivity (Wildman–Crippen MR) is 55.8 cm³/mol. The minimum absolute atomic E-state index is 0.141. The molecule has 0 aromatic carbocycles. The summed E-state index contributed by atoms with van der Waals surface area (Å²) in [4.78, 5) is 0. The molecular formula is C10H12Cl2. The van der Waals surface area contributed by atoms with Gasteiger partial charge in [0.2, 0.25) is 0 Å². The number of rotatable bonds is 3. The molecule has 12 heavy (non-hydrogen) atoms. The van der Waals surface area contributed by atoms with Crippen LogP contribution in [0.4, 0.5) is 0 Å². The van der Waals surface area contributed by atoms with Crippen molar-refractivity contribution in [2.24, 2.45) is 11.3 Å². The van der Waals surface area contributed by atoms with Gasteiger partial charge in [-0.05, 0) is 0 Å². The second-order valence-electron chi connectivity index (χ2n) is 2.95. The maximum absolute atomic E-state index is 5.90. The van der Waals surface area contributed by atoms with Crippen LogP contribution in [0.3, 0.4) is 0 Å². The van der Waals surface area contributed by atoms with E-state index in [1.165, 1.54) is 0 Å². The van der Waals surface area contributed by atoms with E-state index in [9.17, 15) is 0 Å². The summed E-state index contributed by atoms with van der Waals surface area (Å²) in [5.74, 6) is 1.40. The normalized spacial score (nSPS) is 33.7. The van der Waals surface area contributed by atoms with E-state index in [1.807, 2.05) is 18.2 Å². The van der Waals surface area contributed by atoms with Gasteiger partial charge < -0.3 is 0 Å². The standard InChI is InChI=1S/C10H12Cl2/c1-2-10(8-12)6-4-3-5-9(10)7-11/h2-6,9H,1,7-8H2. The second-order valence-corrected chi connectivity index (χ2v) is 3.53. The van der Waals surface area contributed by atoms with Crippen molar-refractivity contribution in [2.75, 3.05) is 11.8 Å². The maximum Gasteiger partial charge on any atom is 0.0355 e. The molecule has 2 unspecified atom stereocenters. The lowest BCUT2D eigenvalue weighted by Gasteiger charge is -2.32. The molecule has 0 fully saturated rings. The zero-order valence-corrected chi connectivity index (χ0v) is 8.35. The molecule has 0 radical (unpaired) electrons. The number of halogens is 2. The van der Waals surface area contributed by atoms with Crippen molar-refractivity contribution >= 4 is 23.2 Å². The fraction of sp³-hybridized carbons (Fsp3) is 0.400. The fourth-order valence-electron chi connectivity index (χ4n) is 1.35. The molecule has 0 spiro atoms. The van der Waals surface area contributed by atoms with Gasteiger partial charge in [0, 0.05) is 23.1 Å². The first-order valence-corrected chi connectivity index (χ1v) is 4.97. The lowest BCUT2D eigenvalue weighted by molar-refractivity contribution is 0.430. The van der Waals surface area contributed by atoms with Crippen LogP contribution in [-0.2, 0) is 0 Å². The summed E-state index contributed by atoms with van der Waals surface area (Å²) in [6, 6.07) is 0. The van der Waals surface area contributed by atoms with E-state index in [2.05, 4.69) is 18.7 Å². The van der Waals surface area contributed by atoms with Gasteiger partial charge in [0.15, 0.2) is 0 Å². The zero-order valence-electron chi connectivity index (χ0n) is 6.84. The van der Waals surface area contributed by atoms with Gasteiger partial charge in [0.25, 0.3) is 0 Å². The average molecular weight is 203 g/mol. The molecule has 0 bridgehead atoms. The van der Waals surface area contributed by atoms with Crippen LogP contribution in [0.15, 0.2) is 37.0 Å². The molecule has 0 aromatic heterocycles. The van der Waals surface area contributed by atoms with Crippen LogP contribution < -0.4 is 0 Å². The van der Waals surface area contributed by atoms with E-state index in [4.69, 9.17) is 23.2 Å². The van der Waals surface area contributed by atoms with Crippen molar-refractivity contribution in [1.29, 1.82) is 0 Å². The number of hydrogen-bond donors (Lipinski definition) is 0. The summed E-state index contributed by atoms with van der Waals surface area (Å²) in [6.45, 7) is 3.80. The molecule has 0 aromatic rings. The van der Waals surface area contributed by atoms with Gasteiger partial charge in [0.1, 0.15) is 0 Å². The highest BCUT2D eigenvalue weighted by atomic mass is 35.5. The smallest absolute Gasteiger partial charge is 0.0355 e. The first-order chi connectivity index (χ1) is 5.79. The Labute approximate surface area is 83.6 Å². The number of alkyl halides is 2. The topological polar surface area (TPSA) is 0 Å². The molecule has 0 N–H and O–H groups in total. The third kappa shape index (κ3) is 1.60. The molecule has 2 heteroatoms. The minimum atomic E-state index is -0.141. The van der Waals surface area contributed by atoms with Crippen LogP contribution in [0.5, 0.6) is 0 Å². The molecule has 0 saturated carbocycles. The summed E-state index contributed by atoms with van der Waals surface area (Å²) < 4.78 is 0. The van der Waals surface area contributed by atoms with E-state index in [0.29, 0.717) is 11.8 Å². The third-order valence-corrected chi connectivity index (χ3v) is 3.12. The largest absolute Gasteiger partial charge is 0.126 e. The Hall–Kier alpha value is -0.200. The fourth-order valence-corrected chi connectivity index (χ4v) is 2.13. The van der Waals surface area contributed by atoms with Crippen LogP contribution in [0, 0.1) is 11.3 Å². The summed E-state index contributed by atoms with van der Waals surface area (Å²) >= 11 is 11.7. The number of hydrogen-bond acceptors (Lipinski definition) is 0. The van der Waals surface area contributed by atoms with Gasteiger partial charge in [-0.2, -0.15) is 0 Å². The molecule has 1 aliphatic carbocycles. The quantitative estimate of drug-likeness (QED) is 0.487. The lowest BCUT2D eigenvalue weighted by atomic mass is 9.75. The van der Waals surface area contributed by atoms with E-state index in [0.717, 1.165) is 0 Å². The first kappa shape index (κ1) is 9.88. The zero-order chi connectivity index (χ0) is 9.03. The highest BCUT2D eigenvalue weighted by molar-refractivity contribution is 6.19. The Morgan fingerprint density at radius 3 is 2.58 bits per heavy atom. The number of allylic oxidation sites excluding steroid dienone is 5. The van der Waals surface area contributed by atoms with Crippen molar-refractivity contribution < 1.29 is 0 Å². The first-order valence-electron chi connectivity index (χ1n) is 3.90. The van der Waals surface area contributed by atoms with E-state index < -0.39 is 0 Å². The van der Waals surface area contributed by atoms with Crippen LogP contribution in [-0.4, -0.2) is 11.8 Å². The van der Waals surface area contributed by atoms with Crippen molar-refractivity contribution in [3.8, 4) is 0 Å². The van der Waals surface area contributed by atoms with E-state index >= 15 is 0 Å². The SMILES string of the molecule is C=CC1(CCl)C=CC=CC1CCl. The molecule has 2 atom stereocenters. The Kier molecular flexibility index (Phi) is 3.42. The van der Waals surface area contributed by atoms with E-state index in [1.54, 1.807) is 0 Å². The molecule has 66 valence electrons. The van der Waals surface area contributed by atoms with Gasteiger partial charge in [-0.15, -0.1) is 29.8 Å². The van der Waals surface area contributed by atoms with Gasteiger partial charge >= 0.3 is 0 Å². The van der Waals surface area contributed by atoms with Crippen LogP contribution in [0.2, 0.25) is 0 Å². The Morgan fingerprint density at radius 1 is 1.42 bits per heavy atom. The minimum Gasteiger partial charge on any atom is -0.126 e. The van der Waals surface area contributed by atoms with Gasteiger partial charge in [-0.1, -0.05) is 30.4 Å². The molecule has 0 saturated heterocycles. The molecule has 1 rings (SSSR count). The summed E-state index contributed by atoms with van der Waals surface area (Å²) in [7, 11) is 0. The highest BCUT2D eigenvalue weighted by Crippen LogP contribution is 2.36. The molecule has 0 heterocycles. The van der Waals surface area contributed by atoms with Crippen molar-refractivity contribution in [2.45, 2.75) is 0 Å². The molecule has 0 nitrogen and oxygen atoms in total. The molecule has 1 aliphatic rings. The van der Waals surface area contributed by atoms with Gasteiger partial charge in [-0.3, -0.25) is 0 Å². The van der Waals surface area contributed by atoms with Gasteiger partial charge in [-0.25, -0.2) is 0 Å². The monoisotopic (exact) mass is 202 g/mol. The van der Waals surface area contributed by atoms with Crippen LogP contribution >= 0.6 is 23.2 Å². The van der Waals surface area contributed by atoms with E-state index in [-0.39, 0.29) is 11.3 Å². The summed E-state index contributed by atoms with van der Waals surface area (Å²) in [5, 5.41) is 0. The lowest BCUT2D eigenvalue weighted by Crippen LogP contribution is -2.29. The Morgan fingerprint density at radius 2 is 2.17 bits per heavy atom. The third-order valence-electron chi connectivity index (χ3n) is 2.33. The van der Waals surface area contributed by atoms with Crippen molar-refractivity contribution in [3.05, 3.63) is 37.0 Å². The Balaban J connectivity index is 2.91. The summed E-state index contributed by atoms with van der Waals surface area (Å²) in [6.07, 6.45) is 10.0. The van der Waals surface area contributed by atoms with Crippen molar-refractivity contribution in [3.63, 3.8) is 0 Å². The molecule has 0 aliphatic heterocycles. The molecule has 0 amide bonds. The van der Waals surface area contributed by atoms with Gasteiger partial charge in [0.05, 0.1) is 0 Å². The van der Waals surface area contributed by atoms with Crippen LogP contribution in [0.25, 0.3) is 0 Å². The maximum atomic E-state index is 5.90. The predicted octanol–water partition coefficient (Wildman–Crippen LogP) is 3.38. The highest BCUT2D eigenvalue weighted by Gasteiger charge is 2.31. The second kappa shape index (κ2) is 4.15. The summed E-state index contributed by atoms with van der Waals surface area (Å²) in [5.41, 5.74) is -0.141.